The van der Waals surface area contributed by atoms with Gasteiger partial charge in [-0.25, -0.2) is 4.39 Å². The van der Waals surface area contributed by atoms with E-state index >= 15 is 0 Å². The normalized spacial score (nSPS) is 10.6. The summed E-state index contributed by atoms with van der Waals surface area (Å²) in [4.78, 5) is 0. The van der Waals surface area contributed by atoms with E-state index in [0.717, 1.165) is 11.5 Å². The minimum atomic E-state index is -0.345. The molecule has 0 amide bonds. The van der Waals surface area contributed by atoms with Gasteiger partial charge in [-0.15, -0.1) is 11.8 Å². The molecular formula is C12H9FN4S2. The molecular weight excluding hydrogens is 283 g/mol. The number of nitrogens with one attached hydrogen (secondary N) is 1. The predicted molar refractivity (Wildman–Crippen MR) is 76.2 cm³/mol. The van der Waals surface area contributed by atoms with E-state index in [1.54, 1.807) is 18.2 Å². The standard InChI is InChI=1S/C12H9FN4S2/c1-18-12-9(6-14)11(19-17-12)16-15-7-8-4-2-3-5-10(8)13/h2-5,7,16H,1H3/b15-7-. The van der Waals surface area contributed by atoms with Crippen LogP contribution in [0.4, 0.5) is 9.39 Å². The largest absolute Gasteiger partial charge is 0.266 e. The maximum absolute atomic E-state index is 13.3. The van der Waals surface area contributed by atoms with E-state index in [-0.39, 0.29) is 5.82 Å². The van der Waals surface area contributed by atoms with Crippen LogP contribution in [0.3, 0.4) is 0 Å². The number of hydrogen-bond acceptors (Lipinski definition) is 6. The monoisotopic (exact) mass is 292 g/mol. The number of hydrogen-bond donors (Lipinski definition) is 1. The Morgan fingerprint density at radius 1 is 1.53 bits per heavy atom. The number of hydrazone groups is 1. The number of halogens is 1. The Bertz CT molecular complexity index is 645. The first-order valence-electron chi connectivity index (χ1n) is 5.23. The van der Waals surface area contributed by atoms with Crippen LogP contribution >= 0.6 is 23.3 Å². The van der Waals surface area contributed by atoms with Gasteiger partial charge >= 0.3 is 0 Å². The minimum absolute atomic E-state index is 0.345. The van der Waals surface area contributed by atoms with Crippen LogP contribution in [-0.2, 0) is 0 Å². The van der Waals surface area contributed by atoms with E-state index < -0.39 is 0 Å². The highest BCUT2D eigenvalue weighted by Gasteiger charge is 2.11. The zero-order chi connectivity index (χ0) is 13.7. The lowest BCUT2D eigenvalue weighted by Crippen LogP contribution is -1.92. The molecule has 0 aliphatic carbocycles. The first-order chi connectivity index (χ1) is 9.26. The third-order valence-corrected chi connectivity index (χ3v) is 3.79. The fourth-order valence-electron chi connectivity index (χ4n) is 1.33. The Hall–Kier alpha value is -1.91. The molecule has 0 unspecified atom stereocenters. The van der Waals surface area contributed by atoms with Crippen molar-refractivity contribution in [2.24, 2.45) is 5.10 Å². The number of nitriles is 1. The lowest BCUT2D eigenvalue weighted by molar-refractivity contribution is 0.626. The van der Waals surface area contributed by atoms with Crippen LogP contribution in [0.5, 0.6) is 0 Å². The summed E-state index contributed by atoms with van der Waals surface area (Å²) < 4.78 is 17.5. The zero-order valence-electron chi connectivity index (χ0n) is 9.92. The van der Waals surface area contributed by atoms with Crippen molar-refractivity contribution in [2.75, 3.05) is 11.7 Å². The van der Waals surface area contributed by atoms with Gasteiger partial charge < -0.3 is 0 Å². The molecule has 1 heterocycles. The maximum Gasteiger partial charge on any atom is 0.148 e. The number of nitrogens with zero attached hydrogens (tertiary/aromatic N) is 3. The quantitative estimate of drug-likeness (QED) is 0.533. The summed E-state index contributed by atoms with van der Waals surface area (Å²) in [5, 5.41) is 14.2. The molecule has 96 valence electrons. The van der Waals surface area contributed by atoms with Gasteiger partial charge in [0.25, 0.3) is 0 Å². The van der Waals surface area contributed by atoms with Crippen LogP contribution < -0.4 is 5.43 Å². The molecule has 0 bridgehead atoms. The third-order valence-electron chi connectivity index (χ3n) is 2.24. The summed E-state index contributed by atoms with van der Waals surface area (Å²) in [5.41, 5.74) is 3.56. The molecule has 0 radical (unpaired) electrons. The molecule has 19 heavy (non-hydrogen) atoms. The van der Waals surface area contributed by atoms with Gasteiger partial charge in [0, 0.05) is 5.56 Å². The molecule has 0 atom stereocenters. The van der Waals surface area contributed by atoms with Crippen molar-refractivity contribution in [3.8, 4) is 6.07 Å². The van der Waals surface area contributed by atoms with Gasteiger partial charge in [0.05, 0.1) is 6.21 Å². The Labute approximate surface area is 118 Å². The summed E-state index contributed by atoms with van der Waals surface area (Å²) >= 11 is 2.55. The molecule has 1 aromatic heterocycles. The minimum Gasteiger partial charge on any atom is -0.266 e. The van der Waals surface area contributed by atoms with Gasteiger partial charge in [-0.05, 0) is 23.9 Å². The van der Waals surface area contributed by atoms with Crippen molar-refractivity contribution in [3.63, 3.8) is 0 Å². The Morgan fingerprint density at radius 3 is 3.00 bits per heavy atom. The second kappa shape index (κ2) is 6.31. The lowest BCUT2D eigenvalue weighted by Gasteiger charge is -1.97. The molecule has 0 saturated carbocycles. The van der Waals surface area contributed by atoms with Crippen molar-refractivity contribution >= 4 is 34.5 Å². The topological polar surface area (TPSA) is 61.1 Å². The molecule has 1 N–H and O–H groups in total. The average Bonchev–Trinajstić information content (AvgIpc) is 2.83. The van der Waals surface area contributed by atoms with Gasteiger partial charge in [0.2, 0.25) is 0 Å². The SMILES string of the molecule is CSc1nsc(N/N=C\c2ccccc2F)c1C#N. The molecule has 0 spiro atoms. The Kier molecular flexibility index (Phi) is 4.49. The number of aromatic nitrogens is 1. The molecule has 7 heteroatoms. The van der Waals surface area contributed by atoms with Crippen molar-refractivity contribution in [1.82, 2.24) is 4.37 Å². The van der Waals surface area contributed by atoms with Crippen LogP contribution in [0.2, 0.25) is 0 Å². The Morgan fingerprint density at radius 2 is 2.32 bits per heavy atom. The van der Waals surface area contributed by atoms with Crippen molar-refractivity contribution in [3.05, 3.63) is 41.2 Å². The fourth-order valence-corrected chi connectivity index (χ4v) is 2.75. The first-order valence-corrected chi connectivity index (χ1v) is 7.23. The van der Waals surface area contributed by atoms with Gasteiger partial charge in [0.15, 0.2) is 0 Å². The lowest BCUT2D eigenvalue weighted by atomic mass is 10.2. The number of rotatable bonds is 4. The summed E-state index contributed by atoms with van der Waals surface area (Å²) in [5.74, 6) is -0.345. The Balaban J connectivity index is 2.14. The number of benzene rings is 1. The molecule has 0 saturated heterocycles. The van der Waals surface area contributed by atoms with Crippen molar-refractivity contribution in [1.29, 1.82) is 5.26 Å². The average molecular weight is 292 g/mol. The van der Waals surface area contributed by atoms with Gasteiger partial charge in [-0.1, -0.05) is 18.2 Å². The number of anilines is 1. The van der Waals surface area contributed by atoms with Crippen LogP contribution in [0.1, 0.15) is 11.1 Å². The van der Waals surface area contributed by atoms with E-state index in [0.29, 0.717) is 21.2 Å². The second-order valence-electron chi connectivity index (χ2n) is 3.40. The van der Waals surface area contributed by atoms with E-state index in [9.17, 15) is 4.39 Å². The van der Waals surface area contributed by atoms with Crippen LogP contribution in [0.15, 0.2) is 34.4 Å². The zero-order valence-corrected chi connectivity index (χ0v) is 11.6. The molecule has 0 aliphatic heterocycles. The maximum atomic E-state index is 13.3. The second-order valence-corrected chi connectivity index (χ2v) is 4.97. The first kappa shape index (κ1) is 13.5. The van der Waals surface area contributed by atoms with E-state index in [1.807, 2.05) is 6.26 Å². The summed E-state index contributed by atoms with van der Waals surface area (Å²) in [6.07, 6.45) is 3.22. The van der Waals surface area contributed by atoms with E-state index in [1.165, 1.54) is 24.0 Å². The molecule has 1 aromatic carbocycles. The van der Waals surface area contributed by atoms with Crippen LogP contribution in [0.25, 0.3) is 0 Å². The molecule has 0 fully saturated rings. The summed E-state index contributed by atoms with van der Waals surface area (Å²) in [6, 6.07) is 8.39. The van der Waals surface area contributed by atoms with Gasteiger partial charge in [0.1, 0.15) is 27.5 Å². The summed E-state index contributed by atoms with van der Waals surface area (Å²) in [6.45, 7) is 0. The smallest absolute Gasteiger partial charge is 0.148 e. The molecule has 2 aromatic rings. The third kappa shape index (κ3) is 3.10. The van der Waals surface area contributed by atoms with Crippen molar-refractivity contribution in [2.45, 2.75) is 5.03 Å². The highest BCUT2D eigenvalue weighted by molar-refractivity contribution is 7.98. The van der Waals surface area contributed by atoms with Gasteiger partial charge in [-0.3, -0.25) is 5.43 Å². The highest BCUT2D eigenvalue weighted by Crippen LogP contribution is 2.29. The van der Waals surface area contributed by atoms with Gasteiger partial charge in [-0.2, -0.15) is 14.7 Å². The molecule has 0 aliphatic rings. The fraction of sp³-hybridized carbons (Fsp3) is 0.0833. The van der Waals surface area contributed by atoms with Crippen LogP contribution in [0, 0.1) is 17.1 Å². The molecule has 2 rings (SSSR count). The highest BCUT2D eigenvalue weighted by atomic mass is 32.2. The van der Waals surface area contributed by atoms with E-state index in [4.69, 9.17) is 5.26 Å². The number of thioether (sulfide) groups is 1. The van der Waals surface area contributed by atoms with Crippen LogP contribution in [-0.4, -0.2) is 16.8 Å². The van der Waals surface area contributed by atoms with Crippen molar-refractivity contribution < 1.29 is 4.39 Å². The molecule has 4 nitrogen and oxygen atoms in total. The van der Waals surface area contributed by atoms with E-state index in [2.05, 4.69) is 21.0 Å². The summed E-state index contributed by atoms with van der Waals surface area (Å²) in [7, 11) is 0. The predicted octanol–water partition coefficient (Wildman–Crippen LogP) is 3.32.